The van der Waals surface area contributed by atoms with E-state index in [0.29, 0.717) is 23.5 Å². The minimum Gasteiger partial charge on any atom is -0.453 e. The van der Waals surface area contributed by atoms with Crippen LogP contribution < -0.4 is 5.32 Å². The van der Waals surface area contributed by atoms with Gasteiger partial charge in [-0.3, -0.25) is 4.79 Å². The molecular weight excluding hydrogens is 442 g/mol. The Morgan fingerprint density at radius 3 is 2.16 bits per heavy atom. The van der Waals surface area contributed by atoms with E-state index in [1.165, 1.54) is 6.07 Å². The number of aromatic nitrogens is 1. The molecule has 0 saturated heterocycles. The Morgan fingerprint density at radius 1 is 0.875 bits per heavy atom. The molecule has 0 atom stereocenters. The summed E-state index contributed by atoms with van der Waals surface area (Å²) < 4.78 is 88.5. The Morgan fingerprint density at radius 2 is 1.53 bits per heavy atom. The molecule has 32 heavy (non-hydrogen) atoms. The molecule has 0 saturated carbocycles. The van der Waals surface area contributed by atoms with Gasteiger partial charge in [0.05, 0.1) is 17.7 Å². The highest BCUT2D eigenvalue weighted by molar-refractivity contribution is 5.94. The summed E-state index contributed by atoms with van der Waals surface area (Å²) in [7, 11) is 0. The highest BCUT2D eigenvalue weighted by Crippen LogP contribution is 2.36. The highest BCUT2D eigenvalue weighted by atomic mass is 19.4. The van der Waals surface area contributed by atoms with Gasteiger partial charge in [-0.1, -0.05) is 23.4 Å². The normalized spacial score (nSPS) is 12.3. The van der Waals surface area contributed by atoms with Crippen molar-refractivity contribution >= 4 is 16.9 Å². The van der Waals surface area contributed by atoms with Crippen LogP contribution in [0.5, 0.6) is 0 Å². The predicted octanol–water partition coefficient (Wildman–Crippen LogP) is 6.06. The Labute approximate surface area is 175 Å². The van der Waals surface area contributed by atoms with E-state index in [-0.39, 0.29) is 24.1 Å². The van der Waals surface area contributed by atoms with Crippen LogP contribution in [0, 0.1) is 0 Å². The minimum atomic E-state index is -5.05. The van der Waals surface area contributed by atoms with Gasteiger partial charge in [0.2, 0.25) is 5.76 Å². The third kappa shape index (κ3) is 4.46. The van der Waals surface area contributed by atoms with E-state index in [9.17, 15) is 31.1 Å². The number of furan rings is 1. The third-order valence-electron chi connectivity index (χ3n) is 4.51. The molecule has 0 aliphatic carbocycles. The van der Waals surface area contributed by atoms with E-state index in [2.05, 4.69) is 10.5 Å². The van der Waals surface area contributed by atoms with E-state index in [4.69, 9.17) is 8.94 Å². The van der Waals surface area contributed by atoms with E-state index in [1.54, 1.807) is 18.2 Å². The topological polar surface area (TPSA) is 68.3 Å². The number of nitrogens with one attached hydrogen (secondary N) is 1. The van der Waals surface area contributed by atoms with Gasteiger partial charge in [0, 0.05) is 17.0 Å². The lowest BCUT2D eigenvalue weighted by Crippen LogP contribution is -2.24. The maximum atomic E-state index is 13.0. The molecule has 0 bridgehead atoms. The Bertz CT molecular complexity index is 1220. The number of fused-ring (bicyclic) bond motifs is 1. The van der Waals surface area contributed by atoms with E-state index < -0.39 is 35.0 Å². The van der Waals surface area contributed by atoms with Crippen LogP contribution in [0.3, 0.4) is 0 Å². The van der Waals surface area contributed by atoms with Gasteiger partial charge >= 0.3 is 12.4 Å². The number of para-hydroxylation sites is 1. The molecule has 166 valence electrons. The molecule has 1 amide bonds. The van der Waals surface area contributed by atoms with Crippen LogP contribution in [-0.4, -0.2) is 11.1 Å². The predicted molar refractivity (Wildman–Crippen MR) is 99.3 cm³/mol. The van der Waals surface area contributed by atoms with Crippen molar-refractivity contribution in [1.29, 1.82) is 0 Å². The highest BCUT2D eigenvalue weighted by Gasteiger charge is 2.37. The summed E-state index contributed by atoms with van der Waals surface area (Å²) in [6, 6.07) is 11.0. The Hall–Kier alpha value is -3.76. The van der Waals surface area contributed by atoms with Gasteiger partial charge < -0.3 is 14.3 Å². The van der Waals surface area contributed by atoms with Crippen LogP contribution in [0.15, 0.2) is 63.5 Å². The van der Waals surface area contributed by atoms with Crippen molar-refractivity contribution in [3.05, 3.63) is 77.0 Å². The first-order chi connectivity index (χ1) is 15.0. The number of carbonyl (C=O) groups is 1. The Kier molecular flexibility index (Phi) is 5.19. The van der Waals surface area contributed by atoms with Crippen molar-refractivity contribution in [3.63, 3.8) is 0 Å². The fraction of sp³-hybridized carbons (Fsp3) is 0.143. The van der Waals surface area contributed by atoms with Crippen molar-refractivity contribution in [2.45, 2.75) is 18.9 Å². The summed E-state index contributed by atoms with van der Waals surface area (Å²) in [4.78, 5) is 12.2. The number of amides is 1. The molecule has 0 aliphatic rings. The van der Waals surface area contributed by atoms with Gasteiger partial charge in [-0.05, 0) is 30.3 Å². The maximum Gasteiger partial charge on any atom is 0.416 e. The summed E-state index contributed by atoms with van der Waals surface area (Å²) in [5.41, 5.74) is -3.14. The minimum absolute atomic E-state index is 0.0476. The number of alkyl halides is 6. The lowest BCUT2D eigenvalue weighted by atomic mass is 10.0. The van der Waals surface area contributed by atoms with E-state index in [0.717, 1.165) is 5.39 Å². The first-order valence-corrected chi connectivity index (χ1v) is 9.03. The molecular formula is C21H12F6N2O3. The molecule has 0 aliphatic heterocycles. The fourth-order valence-corrected chi connectivity index (χ4v) is 2.97. The zero-order valence-electron chi connectivity index (χ0n) is 15.8. The van der Waals surface area contributed by atoms with Gasteiger partial charge in [0.1, 0.15) is 11.3 Å². The van der Waals surface area contributed by atoms with Crippen LogP contribution in [0.1, 0.15) is 27.2 Å². The smallest absolute Gasteiger partial charge is 0.416 e. The second-order valence-corrected chi connectivity index (χ2v) is 6.81. The molecule has 4 aromatic rings. The summed E-state index contributed by atoms with van der Waals surface area (Å²) in [6.07, 6.45) is -10.1. The third-order valence-corrected chi connectivity index (χ3v) is 4.51. The molecule has 0 spiro atoms. The quantitative estimate of drug-likeness (QED) is 0.381. The number of carbonyl (C=O) groups excluding carboxylic acids is 1. The van der Waals surface area contributed by atoms with Crippen LogP contribution >= 0.6 is 0 Å². The second kappa shape index (κ2) is 7.74. The molecule has 0 fully saturated rings. The molecule has 11 heteroatoms. The van der Waals surface area contributed by atoms with Gasteiger partial charge in [0.25, 0.3) is 5.91 Å². The van der Waals surface area contributed by atoms with Crippen molar-refractivity contribution in [1.82, 2.24) is 10.5 Å². The summed E-state index contributed by atoms with van der Waals surface area (Å²) >= 11 is 0. The largest absolute Gasteiger partial charge is 0.453 e. The van der Waals surface area contributed by atoms with Gasteiger partial charge in [-0.15, -0.1) is 0 Å². The number of halogens is 6. The van der Waals surface area contributed by atoms with Crippen molar-refractivity contribution in [2.75, 3.05) is 0 Å². The summed E-state index contributed by atoms with van der Waals surface area (Å²) in [5.74, 6) is -0.525. The SMILES string of the molecule is O=C(NCc1cc(-c2cc3ccccc3o2)on1)c1cc(C(F)(F)F)cc(C(F)(F)F)c1. The van der Waals surface area contributed by atoms with Crippen molar-refractivity contribution in [2.24, 2.45) is 0 Å². The number of rotatable bonds is 4. The molecule has 2 aromatic carbocycles. The molecule has 0 unspecified atom stereocenters. The lowest BCUT2D eigenvalue weighted by molar-refractivity contribution is -0.143. The van der Waals surface area contributed by atoms with Gasteiger partial charge in [0.15, 0.2) is 5.76 Å². The zero-order valence-corrected chi connectivity index (χ0v) is 15.8. The molecule has 2 aromatic heterocycles. The summed E-state index contributed by atoms with van der Waals surface area (Å²) in [5, 5.41) is 6.79. The monoisotopic (exact) mass is 454 g/mol. The maximum absolute atomic E-state index is 13.0. The standard InChI is InChI=1S/C21H12F6N2O3/c22-20(23,24)13-5-12(6-14(8-13)21(25,26)27)19(30)28-10-15-9-18(32-29-15)17-7-11-3-1-2-4-16(11)31-17/h1-9H,10H2,(H,28,30). The summed E-state index contributed by atoms with van der Waals surface area (Å²) in [6.45, 7) is -0.292. The molecule has 2 heterocycles. The zero-order chi connectivity index (χ0) is 23.1. The first kappa shape index (κ1) is 21.5. The molecule has 0 radical (unpaired) electrons. The van der Waals surface area contributed by atoms with Crippen molar-refractivity contribution in [3.8, 4) is 11.5 Å². The number of benzene rings is 2. The van der Waals surface area contributed by atoms with E-state index >= 15 is 0 Å². The lowest BCUT2D eigenvalue weighted by Gasteiger charge is -2.14. The van der Waals surface area contributed by atoms with Crippen LogP contribution in [0.4, 0.5) is 26.3 Å². The van der Waals surface area contributed by atoms with Gasteiger partial charge in [-0.25, -0.2) is 0 Å². The van der Waals surface area contributed by atoms with Crippen LogP contribution in [-0.2, 0) is 18.9 Å². The average Bonchev–Trinajstić information content (AvgIpc) is 3.37. The molecule has 5 nitrogen and oxygen atoms in total. The fourth-order valence-electron chi connectivity index (χ4n) is 2.97. The Balaban J connectivity index is 1.52. The van der Waals surface area contributed by atoms with Gasteiger partial charge in [-0.2, -0.15) is 26.3 Å². The molecule has 4 rings (SSSR count). The number of hydrogen-bond donors (Lipinski definition) is 1. The molecule has 1 N–H and O–H groups in total. The van der Waals surface area contributed by atoms with Crippen LogP contribution in [0.25, 0.3) is 22.5 Å². The van der Waals surface area contributed by atoms with Crippen molar-refractivity contribution < 1.29 is 40.1 Å². The number of hydrogen-bond acceptors (Lipinski definition) is 4. The van der Waals surface area contributed by atoms with Crippen LogP contribution in [0.2, 0.25) is 0 Å². The average molecular weight is 454 g/mol. The first-order valence-electron chi connectivity index (χ1n) is 9.03. The van der Waals surface area contributed by atoms with E-state index in [1.807, 2.05) is 12.1 Å². The number of nitrogens with zero attached hydrogens (tertiary/aromatic N) is 1. The second-order valence-electron chi connectivity index (χ2n) is 6.81.